The third kappa shape index (κ3) is 2.33. The molecule has 3 aromatic rings. The first-order chi connectivity index (χ1) is 9.75. The van der Waals surface area contributed by atoms with Gasteiger partial charge in [0.2, 0.25) is 0 Å². The first-order valence-corrected chi connectivity index (χ1v) is 6.65. The fourth-order valence-electron chi connectivity index (χ4n) is 2.36. The van der Waals surface area contributed by atoms with Gasteiger partial charge in [-0.05, 0) is 33.8 Å². The Morgan fingerprint density at radius 3 is 2.60 bits per heavy atom. The van der Waals surface area contributed by atoms with Gasteiger partial charge in [0.25, 0.3) is 0 Å². The average Bonchev–Trinajstić information content (AvgIpc) is 2.46. The molecule has 0 spiro atoms. The smallest absolute Gasteiger partial charge is 0.184 e. The van der Waals surface area contributed by atoms with Crippen molar-refractivity contribution in [3.8, 4) is 0 Å². The Kier molecular flexibility index (Phi) is 3.31. The highest BCUT2D eigenvalue weighted by Crippen LogP contribution is 2.27. The highest BCUT2D eigenvalue weighted by molar-refractivity contribution is 7.80. The molecule has 0 aliphatic rings. The van der Waals surface area contributed by atoms with E-state index in [4.69, 9.17) is 18.0 Å². The Labute approximate surface area is 122 Å². The third-order valence-electron chi connectivity index (χ3n) is 3.18. The molecule has 0 heterocycles. The third-order valence-corrected chi connectivity index (χ3v) is 3.27. The van der Waals surface area contributed by atoms with Gasteiger partial charge in [0.1, 0.15) is 0 Å². The second kappa shape index (κ2) is 5.27. The zero-order valence-corrected chi connectivity index (χ0v) is 11.5. The summed E-state index contributed by atoms with van der Waals surface area (Å²) in [4.78, 5) is 0. The van der Waals surface area contributed by atoms with Crippen molar-refractivity contribution in [1.29, 1.82) is 0 Å². The molecule has 0 bridgehead atoms. The topological polar surface area (TPSA) is 50.4 Å². The Morgan fingerprint density at radius 2 is 1.75 bits per heavy atom. The summed E-state index contributed by atoms with van der Waals surface area (Å²) >= 11 is 4.74. The second-order valence-electron chi connectivity index (χ2n) is 4.47. The first kappa shape index (κ1) is 12.6. The summed E-state index contributed by atoms with van der Waals surface area (Å²) in [5.74, 6) is 0. The lowest BCUT2D eigenvalue weighted by Crippen LogP contribution is -2.24. The molecular weight excluding hydrogens is 266 g/mol. The van der Waals surface area contributed by atoms with E-state index in [1.807, 2.05) is 24.3 Å². The molecule has 0 saturated heterocycles. The lowest BCUT2D eigenvalue weighted by molar-refractivity contribution is 1.04. The quantitative estimate of drug-likeness (QED) is 0.328. The molecule has 0 fully saturated rings. The van der Waals surface area contributed by atoms with Gasteiger partial charge in [0.15, 0.2) is 5.11 Å². The van der Waals surface area contributed by atoms with E-state index in [0.29, 0.717) is 0 Å². The maximum Gasteiger partial charge on any atom is 0.184 e. The van der Waals surface area contributed by atoms with Crippen LogP contribution in [0.25, 0.3) is 21.5 Å². The van der Waals surface area contributed by atoms with Gasteiger partial charge in [-0.1, -0.05) is 54.6 Å². The maximum absolute atomic E-state index is 5.37. The van der Waals surface area contributed by atoms with Crippen molar-refractivity contribution in [3.63, 3.8) is 0 Å². The minimum absolute atomic E-state index is 0.159. The van der Waals surface area contributed by atoms with E-state index in [0.717, 1.165) is 5.56 Å². The summed E-state index contributed by atoms with van der Waals surface area (Å²) in [5.41, 5.74) is 8.98. The zero-order chi connectivity index (χ0) is 13.9. The number of hydrazone groups is 1. The summed E-state index contributed by atoms with van der Waals surface area (Å²) in [5, 5.41) is 9.00. The summed E-state index contributed by atoms with van der Waals surface area (Å²) in [6.45, 7) is 0. The van der Waals surface area contributed by atoms with Crippen LogP contribution in [0.15, 0.2) is 59.7 Å². The summed E-state index contributed by atoms with van der Waals surface area (Å²) in [7, 11) is 0. The number of hydrogen-bond acceptors (Lipinski definition) is 2. The molecule has 3 aromatic carbocycles. The lowest BCUT2D eigenvalue weighted by Gasteiger charge is -2.06. The van der Waals surface area contributed by atoms with Crippen molar-refractivity contribution in [3.05, 3.63) is 60.2 Å². The molecule has 0 amide bonds. The van der Waals surface area contributed by atoms with Crippen LogP contribution in [0.2, 0.25) is 0 Å². The number of nitrogens with one attached hydrogen (secondary N) is 1. The summed E-state index contributed by atoms with van der Waals surface area (Å²) < 4.78 is 0. The number of thiocarbonyl (C=S) groups is 1. The van der Waals surface area contributed by atoms with E-state index < -0.39 is 0 Å². The first-order valence-electron chi connectivity index (χ1n) is 6.25. The molecule has 0 aliphatic heterocycles. The molecule has 20 heavy (non-hydrogen) atoms. The van der Waals surface area contributed by atoms with E-state index in [1.54, 1.807) is 6.21 Å². The minimum Gasteiger partial charge on any atom is -0.375 e. The molecule has 0 aliphatic carbocycles. The van der Waals surface area contributed by atoms with E-state index in [-0.39, 0.29) is 5.11 Å². The fraction of sp³-hybridized carbons (Fsp3) is 0. The number of nitrogens with zero attached hydrogens (tertiary/aromatic N) is 1. The van der Waals surface area contributed by atoms with Crippen molar-refractivity contribution < 1.29 is 0 Å². The van der Waals surface area contributed by atoms with Crippen LogP contribution < -0.4 is 11.2 Å². The maximum atomic E-state index is 5.37. The van der Waals surface area contributed by atoms with Gasteiger partial charge in [-0.3, -0.25) is 5.43 Å². The molecule has 0 saturated carbocycles. The molecule has 3 nitrogen and oxygen atoms in total. The predicted octanol–water partition coefficient (Wildman–Crippen LogP) is 3.16. The molecule has 0 radical (unpaired) electrons. The average molecular weight is 279 g/mol. The molecule has 0 atom stereocenters. The van der Waals surface area contributed by atoms with Gasteiger partial charge in [0.05, 0.1) is 6.21 Å². The van der Waals surface area contributed by atoms with Crippen LogP contribution in [0, 0.1) is 0 Å². The number of rotatable bonds is 2. The second-order valence-corrected chi connectivity index (χ2v) is 4.91. The van der Waals surface area contributed by atoms with Gasteiger partial charge in [0, 0.05) is 5.56 Å². The van der Waals surface area contributed by atoms with Crippen LogP contribution in [0.3, 0.4) is 0 Å². The van der Waals surface area contributed by atoms with Crippen LogP contribution in [0.5, 0.6) is 0 Å². The van der Waals surface area contributed by atoms with Crippen molar-refractivity contribution in [1.82, 2.24) is 5.43 Å². The van der Waals surface area contributed by atoms with Crippen molar-refractivity contribution in [2.45, 2.75) is 0 Å². The van der Waals surface area contributed by atoms with Gasteiger partial charge >= 0.3 is 0 Å². The number of benzene rings is 3. The van der Waals surface area contributed by atoms with Crippen molar-refractivity contribution in [2.75, 3.05) is 0 Å². The molecule has 4 heteroatoms. The van der Waals surface area contributed by atoms with Gasteiger partial charge in [-0.25, -0.2) is 0 Å². The highest BCUT2D eigenvalue weighted by Gasteiger charge is 2.03. The van der Waals surface area contributed by atoms with Crippen LogP contribution in [-0.4, -0.2) is 11.3 Å². The monoisotopic (exact) mass is 279 g/mol. The van der Waals surface area contributed by atoms with Crippen LogP contribution in [0.4, 0.5) is 0 Å². The van der Waals surface area contributed by atoms with Crippen LogP contribution in [-0.2, 0) is 0 Å². The highest BCUT2D eigenvalue weighted by atomic mass is 32.1. The lowest BCUT2D eigenvalue weighted by atomic mass is 9.98. The molecule has 0 unspecified atom stereocenters. The Hall–Kier alpha value is -2.46. The normalized spacial score (nSPS) is 11.2. The minimum atomic E-state index is 0.159. The Balaban J connectivity index is 2.23. The number of fused-ring (bicyclic) bond motifs is 3. The Bertz CT molecular complexity index is 824. The van der Waals surface area contributed by atoms with E-state index in [2.05, 4.69) is 40.9 Å². The zero-order valence-electron chi connectivity index (χ0n) is 10.7. The van der Waals surface area contributed by atoms with Crippen molar-refractivity contribution >= 4 is 45.1 Å². The molecule has 98 valence electrons. The van der Waals surface area contributed by atoms with E-state index >= 15 is 0 Å². The summed E-state index contributed by atoms with van der Waals surface area (Å²) in [6, 6.07) is 18.7. The van der Waals surface area contributed by atoms with Gasteiger partial charge in [-0.15, -0.1) is 0 Å². The molecule has 3 rings (SSSR count). The Morgan fingerprint density at radius 1 is 1.00 bits per heavy atom. The molecular formula is C16H13N3S. The number of nitrogens with two attached hydrogens (primary N) is 1. The van der Waals surface area contributed by atoms with Gasteiger partial charge in [-0.2, -0.15) is 5.10 Å². The van der Waals surface area contributed by atoms with E-state index in [9.17, 15) is 0 Å². The molecule has 3 N–H and O–H groups in total. The fourth-order valence-corrected chi connectivity index (χ4v) is 2.41. The van der Waals surface area contributed by atoms with E-state index in [1.165, 1.54) is 21.5 Å². The van der Waals surface area contributed by atoms with Crippen molar-refractivity contribution in [2.24, 2.45) is 10.8 Å². The standard InChI is InChI=1S/C16H13N3S/c17-16(20)19-18-10-13-6-3-5-12-9-8-11-4-1-2-7-14(11)15(12)13/h1-10H,(H3,17,19,20). The molecule has 0 aromatic heterocycles. The van der Waals surface area contributed by atoms with Gasteiger partial charge < -0.3 is 5.73 Å². The van der Waals surface area contributed by atoms with Crippen LogP contribution in [0.1, 0.15) is 5.56 Å². The largest absolute Gasteiger partial charge is 0.375 e. The predicted molar refractivity (Wildman–Crippen MR) is 89.0 cm³/mol. The summed E-state index contributed by atoms with van der Waals surface area (Å²) in [6.07, 6.45) is 1.74. The van der Waals surface area contributed by atoms with Crippen LogP contribution >= 0.6 is 12.2 Å². The SMILES string of the molecule is NC(=S)NN=Cc1cccc2ccc3ccccc3c12. The number of hydrogen-bond donors (Lipinski definition) is 2.